The summed E-state index contributed by atoms with van der Waals surface area (Å²) in [7, 11) is 0. The van der Waals surface area contributed by atoms with Crippen molar-refractivity contribution in [2.75, 3.05) is 0 Å². The first-order chi connectivity index (χ1) is 5.15. The molecular formula is C7H6N2O2. The highest BCUT2D eigenvalue weighted by molar-refractivity contribution is 5.40. The van der Waals surface area contributed by atoms with Gasteiger partial charge in [0.2, 0.25) is 0 Å². The van der Waals surface area contributed by atoms with Gasteiger partial charge in [0, 0.05) is 11.6 Å². The maximum Gasteiger partial charge on any atom is 0.252 e. The van der Waals surface area contributed by atoms with Gasteiger partial charge in [-0.25, -0.2) is 0 Å². The maximum absolute atomic E-state index is 10.7. The minimum absolute atomic E-state index is 0.200. The Morgan fingerprint density at radius 2 is 2.36 bits per heavy atom. The molecule has 1 heterocycles. The highest BCUT2D eigenvalue weighted by atomic mass is 16.3. The van der Waals surface area contributed by atoms with Gasteiger partial charge in [0.15, 0.2) is 5.88 Å². The van der Waals surface area contributed by atoms with Crippen LogP contribution in [0.5, 0.6) is 5.88 Å². The molecule has 4 heteroatoms. The Balaban J connectivity index is 3.52. The lowest BCUT2D eigenvalue weighted by Crippen LogP contribution is -2.05. The molecule has 0 saturated carbocycles. The Labute approximate surface area is 62.7 Å². The molecule has 0 aromatic carbocycles. The Kier molecular flexibility index (Phi) is 1.65. The van der Waals surface area contributed by atoms with E-state index in [-0.39, 0.29) is 11.4 Å². The monoisotopic (exact) mass is 150 g/mol. The average Bonchev–Trinajstić information content (AvgIpc) is 1.96. The molecule has 0 amide bonds. The van der Waals surface area contributed by atoms with Crippen LogP contribution in [-0.4, -0.2) is 10.1 Å². The number of nitriles is 1. The third-order valence-electron chi connectivity index (χ3n) is 1.40. The Bertz CT molecular complexity index is 373. The zero-order chi connectivity index (χ0) is 8.43. The molecule has 1 aromatic rings. The largest absolute Gasteiger partial charge is 0.494 e. The molecule has 0 atom stereocenters. The number of aromatic hydroxyl groups is 1. The molecule has 0 aliphatic heterocycles. The van der Waals surface area contributed by atoms with Crippen LogP contribution in [0.25, 0.3) is 0 Å². The van der Waals surface area contributed by atoms with Crippen molar-refractivity contribution in [1.29, 1.82) is 5.26 Å². The van der Waals surface area contributed by atoms with E-state index < -0.39 is 5.56 Å². The first-order valence-electron chi connectivity index (χ1n) is 2.98. The van der Waals surface area contributed by atoms with Crippen molar-refractivity contribution >= 4 is 0 Å². The van der Waals surface area contributed by atoms with E-state index in [4.69, 9.17) is 10.4 Å². The smallest absolute Gasteiger partial charge is 0.252 e. The lowest BCUT2D eigenvalue weighted by Gasteiger charge is -1.97. The first-order valence-corrected chi connectivity index (χ1v) is 2.98. The van der Waals surface area contributed by atoms with Crippen molar-refractivity contribution < 1.29 is 5.11 Å². The number of pyridine rings is 1. The van der Waals surface area contributed by atoms with E-state index in [0.29, 0.717) is 5.56 Å². The van der Waals surface area contributed by atoms with Crippen molar-refractivity contribution in [1.82, 2.24) is 4.98 Å². The summed E-state index contributed by atoms with van der Waals surface area (Å²) in [6.45, 7) is 1.56. The summed E-state index contributed by atoms with van der Waals surface area (Å²) in [5.41, 5.74) is 0.128. The highest BCUT2D eigenvalue weighted by Gasteiger charge is 2.03. The molecular weight excluding hydrogens is 144 g/mol. The SMILES string of the molecule is Cc1c(C#N)cc(=O)[nH]c1O. The van der Waals surface area contributed by atoms with E-state index in [1.165, 1.54) is 0 Å². The first kappa shape index (κ1) is 7.35. The van der Waals surface area contributed by atoms with E-state index >= 15 is 0 Å². The number of aromatic amines is 1. The molecule has 0 fully saturated rings. The van der Waals surface area contributed by atoms with Crippen LogP contribution in [0.3, 0.4) is 0 Å². The van der Waals surface area contributed by atoms with Crippen LogP contribution in [0.2, 0.25) is 0 Å². The minimum atomic E-state index is -0.468. The summed E-state index contributed by atoms with van der Waals surface area (Å²) in [5.74, 6) is -0.242. The fourth-order valence-corrected chi connectivity index (χ4v) is 0.730. The van der Waals surface area contributed by atoms with Gasteiger partial charge < -0.3 is 5.11 Å². The molecule has 11 heavy (non-hydrogen) atoms. The second kappa shape index (κ2) is 2.46. The van der Waals surface area contributed by atoms with Crippen LogP contribution >= 0.6 is 0 Å². The molecule has 4 nitrogen and oxygen atoms in total. The summed E-state index contributed by atoms with van der Waals surface area (Å²) < 4.78 is 0. The van der Waals surface area contributed by atoms with Crippen molar-refractivity contribution in [2.24, 2.45) is 0 Å². The second-order valence-electron chi connectivity index (χ2n) is 2.13. The van der Waals surface area contributed by atoms with Crippen LogP contribution in [-0.2, 0) is 0 Å². The third kappa shape index (κ3) is 1.22. The number of nitrogens with zero attached hydrogens (tertiary/aromatic N) is 1. The van der Waals surface area contributed by atoms with Crippen LogP contribution in [0.4, 0.5) is 0 Å². The Morgan fingerprint density at radius 3 is 2.91 bits per heavy atom. The van der Waals surface area contributed by atoms with Crippen molar-refractivity contribution in [3.63, 3.8) is 0 Å². The summed E-state index contributed by atoms with van der Waals surface area (Å²) in [4.78, 5) is 12.8. The van der Waals surface area contributed by atoms with E-state index in [1.807, 2.05) is 0 Å². The van der Waals surface area contributed by atoms with Crippen LogP contribution in [0.15, 0.2) is 10.9 Å². The van der Waals surface area contributed by atoms with Gasteiger partial charge in [0.05, 0.1) is 11.6 Å². The summed E-state index contributed by atoms with van der Waals surface area (Å²) in [5, 5.41) is 17.5. The van der Waals surface area contributed by atoms with Gasteiger partial charge in [0.25, 0.3) is 5.56 Å². The van der Waals surface area contributed by atoms with E-state index in [0.717, 1.165) is 6.07 Å². The molecule has 0 bridgehead atoms. The predicted molar refractivity (Wildman–Crippen MR) is 38.2 cm³/mol. The van der Waals surface area contributed by atoms with E-state index in [1.54, 1.807) is 13.0 Å². The predicted octanol–water partition coefficient (Wildman–Crippen LogP) is 0.261. The van der Waals surface area contributed by atoms with Gasteiger partial charge in [0.1, 0.15) is 0 Å². The highest BCUT2D eigenvalue weighted by Crippen LogP contribution is 2.12. The molecule has 0 aliphatic rings. The molecule has 2 N–H and O–H groups in total. The summed E-state index contributed by atoms with van der Waals surface area (Å²) >= 11 is 0. The van der Waals surface area contributed by atoms with E-state index in [2.05, 4.69) is 4.98 Å². The number of aromatic nitrogens is 1. The Morgan fingerprint density at radius 1 is 1.73 bits per heavy atom. The lowest BCUT2D eigenvalue weighted by molar-refractivity contribution is 0.447. The topological polar surface area (TPSA) is 76.9 Å². The minimum Gasteiger partial charge on any atom is -0.494 e. The summed E-state index contributed by atoms with van der Waals surface area (Å²) in [6, 6.07) is 2.94. The zero-order valence-corrected chi connectivity index (χ0v) is 5.88. The third-order valence-corrected chi connectivity index (χ3v) is 1.40. The van der Waals surface area contributed by atoms with Gasteiger partial charge >= 0.3 is 0 Å². The lowest BCUT2D eigenvalue weighted by atomic mass is 10.2. The number of hydrogen-bond acceptors (Lipinski definition) is 3. The van der Waals surface area contributed by atoms with Gasteiger partial charge in [-0.3, -0.25) is 9.78 Å². The molecule has 0 aliphatic carbocycles. The van der Waals surface area contributed by atoms with Gasteiger partial charge in [-0.05, 0) is 6.92 Å². The second-order valence-corrected chi connectivity index (χ2v) is 2.13. The van der Waals surface area contributed by atoms with Crippen molar-refractivity contribution in [2.45, 2.75) is 6.92 Å². The molecule has 0 saturated heterocycles. The van der Waals surface area contributed by atoms with Gasteiger partial charge in [-0.2, -0.15) is 5.26 Å². The van der Waals surface area contributed by atoms with Crippen molar-refractivity contribution in [3.8, 4) is 11.9 Å². The van der Waals surface area contributed by atoms with Crippen LogP contribution < -0.4 is 5.56 Å². The standard InChI is InChI=1S/C7H6N2O2/c1-4-5(3-8)2-6(10)9-7(4)11/h2H,1H3,(H2,9,10,11). The molecule has 1 aromatic heterocycles. The number of rotatable bonds is 0. The number of nitrogens with one attached hydrogen (secondary N) is 1. The number of hydrogen-bond donors (Lipinski definition) is 2. The fourth-order valence-electron chi connectivity index (χ4n) is 0.730. The quantitative estimate of drug-likeness (QED) is 0.556. The Hall–Kier alpha value is -1.76. The molecule has 0 unspecified atom stereocenters. The molecule has 56 valence electrons. The van der Waals surface area contributed by atoms with E-state index in [9.17, 15) is 4.79 Å². The fraction of sp³-hybridized carbons (Fsp3) is 0.143. The molecule has 1 rings (SSSR count). The van der Waals surface area contributed by atoms with Gasteiger partial charge in [-0.1, -0.05) is 0 Å². The number of H-pyrrole nitrogens is 1. The summed E-state index contributed by atoms with van der Waals surface area (Å²) in [6.07, 6.45) is 0. The average molecular weight is 150 g/mol. The maximum atomic E-state index is 10.7. The molecule has 0 spiro atoms. The molecule has 0 radical (unpaired) electrons. The van der Waals surface area contributed by atoms with Gasteiger partial charge in [-0.15, -0.1) is 0 Å². The zero-order valence-electron chi connectivity index (χ0n) is 5.88. The van der Waals surface area contributed by atoms with Crippen molar-refractivity contribution in [3.05, 3.63) is 27.5 Å². The normalized spacial score (nSPS) is 9.09. The van der Waals surface area contributed by atoms with Crippen LogP contribution in [0, 0.1) is 18.3 Å². The van der Waals surface area contributed by atoms with Crippen LogP contribution in [0.1, 0.15) is 11.1 Å².